The molecule has 1 N–H and O–H groups in total. The van der Waals surface area contributed by atoms with Crippen molar-refractivity contribution in [2.45, 2.75) is 31.5 Å². The van der Waals surface area contributed by atoms with Gasteiger partial charge in [0.15, 0.2) is 0 Å². The fourth-order valence-electron chi connectivity index (χ4n) is 5.76. The van der Waals surface area contributed by atoms with Gasteiger partial charge in [-0.25, -0.2) is 14.5 Å². The van der Waals surface area contributed by atoms with Gasteiger partial charge in [0.05, 0.1) is 34.0 Å². The van der Waals surface area contributed by atoms with E-state index in [1.165, 1.54) is 6.07 Å². The van der Waals surface area contributed by atoms with E-state index < -0.39 is 18.1 Å². The van der Waals surface area contributed by atoms with Crippen LogP contribution in [0.4, 0.5) is 21.0 Å². The maximum absolute atomic E-state index is 13.6. The Morgan fingerprint density at radius 2 is 1.78 bits per heavy atom. The van der Waals surface area contributed by atoms with Crippen molar-refractivity contribution in [3.63, 3.8) is 0 Å². The summed E-state index contributed by atoms with van der Waals surface area (Å²) in [6.45, 7) is 2.03. The van der Waals surface area contributed by atoms with Gasteiger partial charge in [-0.3, -0.25) is 4.79 Å². The first kappa shape index (κ1) is 23.1. The molecule has 2 bridgehead atoms. The minimum atomic E-state index is -0.754. The highest BCUT2D eigenvalue weighted by Gasteiger charge is 2.63. The Morgan fingerprint density at radius 3 is 2.54 bits per heavy atom. The van der Waals surface area contributed by atoms with Crippen LogP contribution < -0.4 is 10.2 Å². The Labute approximate surface area is 218 Å². The van der Waals surface area contributed by atoms with Gasteiger partial charge < -0.3 is 15.1 Å². The molecule has 3 aliphatic rings. The van der Waals surface area contributed by atoms with E-state index in [2.05, 4.69) is 5.32 Å². The highest BCUT2D eigenvalue weighted by Crippen LogP contribution is 2.44. The number of carbonyl (C=O) groups is 3. The monoisotopic (exact) mass is 511 g/mol. The predicted molar refractivity (Wildman–Crippen MR) is 139 cm³/mol. The van der Waals surface area contributed by atoms with Crippen LogP contribution in [0.5, 0.6) is 0 Å². The number of piperazine rings is 1. The summed E-state index contributed by atoms with van der Waals surface area (Å²) < 4.78 is 0. The lowest BCUT2D eigenvalue weighted by Crippen LogP contribution is -2.55. The molecule has 3 unspecified atom stereocenters. The number of nitriles is 1. The number of para-hydroxylation sites is 1. The van der Waals surface area contributed by atoms with Crippen LogP contribution in [-0.2, 0) is 4.79 Å². The van der Waals surface area contributed by atoms with Gasteiger partial charge in [0.25, 0.3) is 5.91 Å². The Kier molecular flexibility index (Phi) is 5.39. The van der Waals surface area contributed by atoms with Crippen LogP contribution in [0, 0.1) is 18.3 Å². The second-order valence-electron chi connectivity index (χ2n) is 9.44. The first-order chi connectivity index (χ1) is 17.9. The van der Waals surface area contributed by atoms with Crippen molar-refractivity contribution in [3.05, 3.63) is 82.9 Å². The van der Waals surface area contributed by atoms with Gasteiger partial charge in [0.2, 0.25) is 0 Å². The summed E-state index contributed by atoms with van der Waals surface area (Å²) in [5.41, 5.74) is 3.69. The van der Waals surface area contributed by atoms with Crippen LogP contribution in [0.3, 0.4) is 0 Å². The van der Waals surface area contributed by atoms with Crippen LogP contribution in [0.2, 0.25) is 5.02 Å². The zero-order valence-corrected chi connectivity index (χ0v) is 20.6. The van der Waals surface area contributed by atoms with Crippen LogP contribution in [0.15, 0.2) is 66.7 Å². The molecule has 37 heavy (non-hydrogen) atoms. The van der Waals surface area contributed by atoms with Crippen molar-refractivity contribution in [2.24, 2.45) is 0 Å². The third-order valence-electron chi connectivity index (χ3n) is 7.50. The fourth-order valence-corrected chi connectivity index (χ4v) is 5.97. The van der Waals surface area contributed by atoms with E-state index in [1.807, 2.05) is 60.7 Å². The molecule has 5 amide bonds. The SMILES string of the molecule is Cc1c(N2C(=O)C3C4CC(CN4C(=O)Nc4ccccc4-c4ccccc4)N3C2=O)ccc(C#N)c1Cl. The molecule has 3 aromatic carbocycles. The van der Waals surface area contributed by atoms with E-state index >= 15 is 0 Å². The summed E-state index contributed by atoms with van der Waals surface area (Å²) in [5, 5.41) is 12.5. The van der Waals surface area contributed by atoms with Gasteiger partial charge in [-0.05, 0) is 42.7 Å². The number of imide groups is 1. The number of halogens is 1. The molecule has 3 saturated heterocycles. The van der Waals surface area contributed by atoms with E-state index in [-0.39, 0.29) is 28.6 Å². The second kappa shape index (κ2) is 8.64. The molecule has 3 fully saturated rings. The third-order valence-corrected chi connectivity index (χ3v) is 7.98. The molecule has 0 spiro atoms. The largest absolute Gasteiger partial charge is 0.332 e. The molecule has 3 heterocycles. The molecule has 3 atom stereocenters. The molecular weight excluding hydrogens is 490 g/mol. The molecule has 0 aliphatic carbocycles. The molecule has 184 valence electrons. The minimum Gasteiger partial charge on any atom is -0.317 e. The van der Waals surface area contributed by atoms with Gasteiger partial charge >= 0.3 is 12.1 Å². The second-order valence-corrected chi connectivity index (χ2v) is 9.82. The summed E-state index contributed by atoms with van der Waals surface area (Å²) in [4.78, 5) is 44.8. The number of carbonyl (C=O) groups excluding carboxylic acids is 3. The molecule has 0 radical (unpaired) electrons. The van der Waals surface area contributed by atoms with Gasteiger partial charge in [0, 0.05) is 12.1 Å². The average molecular weight is 512 g/mol. The van der Waals surface area contributed by atoms with E-state index in [9.17, 15) is 19.6 Å². The zero-order chi connectivity index (χ0) is 25.8. The number of urea groups is 2. The van der Waals surface area contributed by atoms with Crippen molar-refractivity contribution in [3.8, 4) is 17.2 Å². The number of nitrogens with zero attached hydrogens (tertiary/aromatic N) is 4. The van der Waals surface area contributed by atoms with Crippen LogP contribution in [0.1, 0.15) is 17.5 Å². The summed E-state index contributed by atoms with van der Waals surface area (Å²) in [7, 11) is 0. The van der Waals surface area contributed by atoms with Crippen molar-refractivity contribution >= 4 is 40.9 Å². The highest BCUT2D eigenvalue weighted by molar-refractivity contribution is 6.33. The average Bonchev–Trinajstić information content (AvgIpc) is 3.58. The molecule has 3 aliphatic heterocycles. The first-order valence-corrected chi connectivity index (χ1v) is 12.4. The maximum Gasteiger partial charge on any atom is 0.332 e. The van der Waals surface area contributed by atoms with Gasteiger partial charge in [-0.15, -0.1) is 0 Å². The standard InChI is InChI=1S/C28H22ClN5O3/c1-16-22(12-11-18(14-30)24(16)29)34-26(35)25-23-13-19(33(25)28(34)37)15-32(23)27(36)31-21-10-6-5-9-20(21)17-7-3-2-4-8-17/h2-12,19,23,25H,13,15H2,1H3,(H,31,36). The van der Waals surface area contributed by atoms with E-state index in [0.29, 0.717) is 29.9 Å². The Bertz CT molecular complexity index is 1500. The number of amides is 5. The van der Waals surface area contributed by atoms with Crippen LogP contribution in [0.25, 0.3) is 11.1 Å². The van der Waals surface area contributed by atoms with Crippen LogP contribution in [-0.4, -0.2) is 52.4 Å². The molecule has 9 heteroatoms. The maximum atomic E-state index is 13.6. The number of benzene rings is 3. The van der Waals surface area contributed by atoms with Gasteiger partial charge in [-0.2, -0.15) is 5.26 Å². The number of nitrogens with one attached hydrogen (secondary N) is 1. The van der Waals surface area contributed by atoms with E-state index in [0.717, 1.165) is 16.0 Å². The third kappa shape index (κ3) is 3.46. The summed E-state index contributed by atoms with van der Waals surface area (Å²) >= 11 is 6.31. The number of rotatable bonds is 3. The lowest BCUT2D eigenvalue weighted by molar-refractivity contribution is -0.120. The van der Waals surface area contributed by atoms with Crippen molar-refractivity contribution in [1.82, 2.24) is 9.80 Å². The predicted octanol–water partition coefficient (Wildman–Crippen LogP) is 5.01. The van der Waals surface area contributed by atoms with E-state index in [4.69, 9.17) is 11.6 Å². The normalized spacial score (nSPS) is 21.9. The number of hydrogen-bond donors (Lipinski definition) is 1. The molecule has 6 rings (SSSR count). The van der Waals surface area contributed by atoms with Crippen molar-refractivity contribution < 1.29 is 14.4 Å². The van der Waals surface area contributed by atoms with Gasteiger partial charge in [0.1, 0.15) is 12.1 Å². The number of anilines is 2. The highest BCUT2D eigenvalue weighted by atomic mass is 35.5. The Hall–Kier alpha value is -4.35. The lowest BCUT2D eigenvalue weighted by atomic mass is 10.0. The topological polar surface area (TPSA) is 96.8 Å². The summed E-state index contributed by atoms with van der Waals surface area (Å²) in [6, 6.07) is 20.3. The molecule has 8 nitrogen and oxygen atoms in total. The van der Waals surface area contributed by atoms with Gasteiger partial charge in [-0.1, -0.05) is 60.1 Å². The van der Waals surface area contributed by atoms with Crippen molar-refractivity contribution in [1.29, 1.82) is 5.26 Å². The number of hydrogen-bond acceptors (Lipinski definition) is 4. The minimum absolute atomic E-state index is 0.216. The zero-order valence-electron chi connectivity index (χ0n) is 19.9. The first-order valence-electron chi connectivity index (χ1n) is 12.0. The summed E-state index contributed by atoms with van der Waals surface area (Å²) in [6.07, 6.45) is 0.552. The smallest absolute Gasteiger partial charge is 0.317 e. The Morgan fingerprint density at radius 1 is 1.05 bits per heavy atom. The molecular formula is C28H22ClN5O3. The number of likely N-dealkylation sites (tertiary alicyclic amines) is 1. The molecule has 3 aromatic rings. The molecule has 0 aromatic heterocycles. The van der Waals surface area contributed by atoms with Crippen molar-refractivity contribution in [2.75, 3.05) is 16.8 Å². The van der Waals surface area contributed by atoms with Crippen LogP contribution >= 0.6 is 11.6 Å². The lowest BCUT2D eigenvalue weighted by Gasteiger charge is -2.35. The number of fused-ring (bicyclic) bond motifs is 5. The van der Waals surface area contributed by atoms with E-state index in [1.54, 1.807) is 22.8 Å². The molecule has 0 saturated carbocycles. The Balaban J connectivity index is 1.26. The fraction of sp³-hybridized carbons (Fsp3) is 0.214. The summed E-state index contributed by atoms with van der Waals surface area (Å²) in [5.74, 6) is -0.386. The quantitative estimate of drug-likeness (QED) is 0.500.